The van der Waals surface area contributed by atoms with E-state index in [2.05, 4.69) is 45.0 Å². The number of carbonyl (C=O) groups excluding carboxylic acids is 2. The summed E-state index contributed by atoms with van der Waals surface area (Å²) in [5.74, 6) is -0.121. The van der Waals surface area contributed by atoms with Crippen molar-refractivity contribution in [3.63, 3.8) is 0 Å². The molecule has 1 heterocycles. The first kappa shape index (κ1) is 27.0. The third kappa shape index (κ3) is 7.28. The van der Waals surface area contributed by atoms with Crippen molar-refractivity contribution in [3.8, 4) is 0 Å². The molecule has 1 aliphatic carbocycles. The molecule has 0 aromatic heterocycles. The minimum Gasteiger partial charge on any atom is -0.349 e. The molecule has 2 N–H and O–H groups in total. The van der Waals surface area contributed by atoms with Gasteiger partial charge in [0.05, 0.1) is 11.6 Å². The van der Waals surface area contributed by atoms with Crippen LogP contribution in [-0.4, -0.2) is 41.9 Å². The normalized spacial score (nSPS) is 19.4. The SMILES string of the molecule is CC1(NC(=O)c2ccccc2I)CCN(CC[C@H](NC(=O)C2CCCCC2)c2cccc(F)c2)CC1. The first-order chi connectivity index (χ1) is 17.3. The molecule has 0 radical (unpaired) electrons. The molecule has 1 saturated heterocycles. The molecule has 2 aromatic rings. The van der Waals surface area contributed by atoms with Crippen LogP contribution < -0.4 is 10.6 Å². The van der Waals surface area contributed by atoms with Crippen LogP contribution in [-0.2, 0) is 4.79 Å². The van der Waals surface area contributed by atoms with Crippen LogP contribution in [0.1, 0.15) is 80.3 Å². The average molecular weight is 606 g/mol. The summed E-state index contributed by atoms with van der Waals surface area (Å²) in [6.45, 7) is 4.68. The van der Waals surface area contributed by atoms with E-state index in [-0.39, 0.29) is 35.1 Å². The Morgan fingerprint density at radius 1 is 1.08 bits per heavy atom. The molecule has 7 heteroatoms. The van der Waals surface area contributed by atoms with Gasteiger partial charge in [0.25, 0.3) is 5.91 Å². The second kappa shape index (κ2) is 12.5. The zero-order valence-corrected chi connectivity index (χ0v) is 23.2. The van der Waals surface area contributed by atoms with E-state index in [1.54, 1.807) is 12.1 Å². The van der Waals surface area contributed by atoms with Crippen LogP contribution in [0.2, 0.25) is 0 Å². The van der Waals surface area contributed by atoms with E-state index in [9.17, 15) is 14.0 Å². The average Bonchev–Trinajstić information content (AvgIpc) is 2.88. The van der Waals surface area contributed by atoms with E-state index in [1.807, 2.05) is 30.3 Å². The van der Waals surface area contributed by atoms with Gasteiger partial charge in [-0.15, -0.1) is 0 Å². The quantitative estimate of drug-likeness (QED) is 0.372. The van der Waals surface area contributed by atoms with Crippen molar-refractivity contribution < 1.29 is 14.0 Å². The highest BCUT2D eigenvalue weighted by Gasteiger charge is 2.32. The second-order valence-corrected chi connectivity index (χ2v) is 11.7. The summed E-state index contributed by atoms with van der Waals surface area (Å²) in [6, 6.07) is 14.0. The molecule has 36 heavy (non-hydrogen) atoms. The van der Waals surface area contributed by atoms with Crippen molar-refractivity contribution in [1.29, 1.82) is 0 Å². The number of nitrogens with one attached hydrogen (secondary N) is 2. The topological polar surface area (TPSA) is 61.4 Å². The molecule has 2 aliphatic rings. The predicted molar refractivity (Wildman–Crippen MR) is 149 cm³/mol. The summed E-state index contributed by atoms with van der Waals surface area (Å²) in [6.07, 6.45) is 7.76. The lowest BCUT2D eigenvalue weighted by atomic mass is 9.88. The summed E-state index contributed by atoms with van der Waals surface area (Å²) in [5.41, 5.74) is 1.29. The summed E-state index contributed by atoms with van der Waals surface area (Å²) in [4.78, 5) is 28.2. The zero-order valence-electron chi connectivity index (χ0n) is 21.1. The smallest absolute Gasteiger partial charge is 0.252 e. The number of hydrogen-bond donors (Lipinski definition) is 2. The molecular weight excluding hydrogens is 568 g/mol. The maximum Gasteiger partial charge on any atom is 0.252 e. The zero-order chi connectivity index (χ0) is 25.5. The number of likely N-dealkylation sites (tertiary alicyclic amines) is 1. The number of nitrogens with zero attached hydrogens (tertiary/aromatic N) is 1. The summed E-state index contributed by atoms with van der Waals surface area (Å²) in [7, 11) is 0. The number of piperidine rings is 1. The number of rotatable bonds is 8. The van der Waals surface area contributed by atoms with Crippen LogP contribution in [0.5, 0.6) is 0 Å². The number of carbonyl (C=O) groups is 2. The highest BCUT2D eigenvalue weighted by atomic mass is 127. The van der Waals surface area contributed by atoms with Crippen LogP contribution >= 0.6 is 22.6 Å². The van der Waals surface area contributed by atoms with Crippen LogP contribution in [0.15, 0.2) is 48.5 Å². The van der Waals surface area contributed by atoms with E-state index >= 15 is 0 Å². The van der Waals surface area contributed by atoms with Gasteiger partial charge in [-0.2, -0.15) is 0 Å². The molecule has 5 nitrogen and oxygen atoms in total. The fraction of sp³-hybridized carbons (Fsp3) is 0.517. The van der Waals surface area contributed by atoms with E-state index in [4.69, 9.17) is 0 Å². The summed E-state index contributed by atoms with van der Waals surface area (Å²) >= 11 is 2.20. The largest absolute Gasteiger partial charge is 0.349 e. The lowest BCUT2D eigenvalue weighted by Gasteiger charge is -2.40. The molecule has 2 amide bonds. The maximum atomic E-state index is 14.0. The van der Waals surface area contributed by atoms with Crippen molar-refractivity contribution in [1.82, 2.24) is 15.5 Å². The van der Waals surface area contributed by atoms with Gasteiger partial charge >= 0.3 is 0 Å². The van der Waals surface area contributed by atoms with E-state index < -0.39 is 0 Å². The number of halogens is 2. The van der Waals surface area contributed by atoms with Gasteiger partial charge in [-0.3, -0.25) is 9.59 Å². The molecule has 194 valence electrons. The van der Waals surface area contributed by atoms with E-state index in [0.29, 0.717) is 5.56 Å². The summed E-state index contributed by atoms with van der Waals surface area (Å²) < 4.78 is 14.9. The number of hydrogen-bond acceptors (Lipinski definition) is 3. The van der Waals surface area contributed by atoms with Crippen molar-refractivity contribution in [2.24, 2.45) is 5.92 Å². The van der Waals surface area contributed by atoms with Crippen molar-refractivity contribution in [2.45, 2.75) is 69.9 Å². The Morgan fingerprint density at radius 3 is 2.50 bits per heavy atom. The van der Waals surface area contributed by atoms with Gasteiger partial charge in [0.1, 0.15) is 5.82 Å². The standard InChI is InChI=1S/C29H37FIN3O2/c1-29(33-28(36)24-12-5-6-13-25(24)31)15-18-34(19-16-29)17-14-26(22-10-7-11-23(30)20-22)32-27(35)21-8-3-2-4-9-21/h5-7,10-13,20-21,26H,2-4,8-9,14-19H2,1H3,(H,32,35)(H,33,36)/t26-/m0/s1. The first-order valence-electron chi connectivity index (χ1n) is 13.2. The van der Waals surface area contributed by atoms with Crippen LogP contribution in [0.4, 0.5) is 4.39 Å². The van der Waals surface area contributed by atoms with Gasteiger partial charge in [-0.1, -0.05) is 43.5 Å². The molecule has 1 aliphatic heterocycles. The Hall–Kier alpha value is -2.00. The van der Waals surface area contributed by atoms with Gasteiger partial charge in [-0.05, 0) is 91.4 Å². The van der Waals surface area contributed by atoms with Gasteiger partial charge in [0, 0.05) is 34.7 Å². The van der Waals surface area contributed by atoms with Crippen molar-refractivity contribution in [3.05, 3.63) is 69.0 Å². The fourth-order valence-corrected chi connectivity index (χ4v) is 6.03. The lowest BCUT2D eigenvalue weighted by molar-refractivity contribution is -0.126. The fourth-order valence-electron chi connectivity index (χ4n) is 5.39. The van der Waals surface area contributed by atoms with E-state index in [1.165, 1.54) is 12.5 Å². The van der Waals surface area contributed by atoms with Crippen molar-refractivity contribution in [2.75, 3.05) is 19.6 Å². The third-order valence-electron chi connectivity index (χ3n) is 7.77. The van der Waals surface area contributed by atoms with Gasteiger partial charge in [-0.25, -0.2) is 4.39 Å². The van der Waals surface area contributed by atoms with E-state index in [0.717, 1.165) is 73.7 Å². The predicted octanol–water partition coefficient (Wildman–Crippen LogP) is 5.84. The third-order valence-corrected chi connectivity index (χ3v) is 8.71. The number of amides is 2. The molecular formula is C29H37FIN3O2. The Labute approximate surface area is 227 Å². The van der Waals surface area contributed by atoms with Gasteiger partial charge < -0.3 is 15.5 Å². The Bertz CT molecular complexity index is 1050. The Morgan fingerprint density at radius 2 is 1.81 bits per heavy atom. The molecule has 4 rings (SSSR count). The molecule has 1 atom stereocenters. The second-order valence-electron chi connectivity index (χ2n) is 10.6. The molecule has 1 saturated carbocycles. The van der Waals surface area contributed by atoms with Crippen LogP contribution in [0, 0.1) is 15.3 Å². The Kier molecular flexibility index (Phi) is 9.39. The minimum atomic E-state index is -0.276. The molecule has 0 unspecified atom stereocenters. The van der Waals surface area contributed by atoms with Crippen LogP contribution in [0.3, 0.4) is 0 Å². The lowest BCUT2D eigenvalue weighted by Crippen LogP contribution is -2.53. The van der Waals surface area contributed by atoms with Crippen LogP contribution in [0.25, 0.3) is 0 Å². The Balaban J connectivity index is 1.33. The minimum absolute atomic E-state index is 0.0208. The number of benzene rings is 2. The highest BCUT2D eigenvalue weighted by Crippen LogP contribution is 2.27. The van der Waals surface area contributed by atoms with Gasteiger partial charge in [0.2, 0.25) is 5.91 Å². The maximum absolute atomic E-state index is 14.0. The van der Waals surface area contributed by atoms with Gasteiger partial charge in [0.15, 0.2) is 0 Å². The first-order valence-corrected chi connectivity index (χ1v) is 14.3. The molecule has 2 fully saturated rings. The molecule has 0 spiro atoms. The van der Waals surface area contributed by atoms with Crippen molar-refractivity contribution >= 4 is 34.4 Å². The molecule has 2 aromatic carbocycles. The summed E-state index contributed by atoms with van der Waals surface area (Å²) in [5, 5.41) is 6.51. The molecule has 0 bridgehead atoms. The highest BCUT2D eigenvalue weighted by molar-refractivity contribution is 14.1. The monoisotopic (exact) mass is 605 g/mol.